The second kappa shape index (κ2) is 3.99. The van der Waals surface area contributed by atoms with Crippen molar-refractivity contribution in [3.05, 3.63) is 12.0 Å². The van der Waals surface area contributed by atoms with Gasteiger partial charge in [-0.2, -0.15) is 0 Å². The van der Waals surface area contributed by atoms with Gasteiger partial charge < -0.3 is 14.2 Å². The van der Waals surface area contributed by atoms with E-state index in [2.05, 4.69) is 4.74 Å². The van der Waals surface area contributed by atoms with E-state index in [-0.39, 0.29) is 12.6 Å². The maximum absolute atomic E-state index is 10.9. The third kappa shape index (κ3) is 2.45. The maximum atomic E-state index is 10.9. The molecule has 4 nitrogen and oxygen atoms in total. The maximum Gasteiger partial charge on any atom is 0.379 e. The molecule has 0 saturated heterocycles. The Balaban J connectivity index is 2.39. The zero-order valence-electron chi connectivity index (χ0n) is 7.20. The molecule has 0 atom stereocenters. The molecule has 1 rings (SSSR count). The van der Waals surface area contributed by atoms with Crippen LogP contribution in [0.5, 0.6) is 0 Å². The summed E-state index contributed by atoms with van der Waals surface area (Å²) < 4.78 is 14.4. The van der Waals surface area contributed by atoms with Crippen LogP contribution in [-0.2, 0) is 19.0 Å². The molecule has 0 aliphatic carbocycles. The van der Waals surface area contributed by atoms with E-state index < -0.39 is 5.97 Å². The minimum absolute atomic E-state index is 0.0205. The van der Waals surface area contributed by atoms with Crippen molar-refractivity contribution in [2.75, 3.05) is 13.4 Å². The van der Waals surface area contributed by atoms with Crippen LogP contribution < -0.4 is 0 Å². The Morgan fingerprint density at radius 1 is 1.67 bits per heavy atom. The zero-order valence-corrected chi connectivity index (χ0v) is 7.20. The standard InChI is InChI=1S/C8H12O4/c1-6(2)3-11-7-4-10-5-12-8(7)9/h4,6H,3,5H2,1-2H3. The number of ether oxygens (including phenoxy) is 3. The molecule has 4 heteroatoms. The molecular formula is C8H12O4. The third-order valence-corrected chi connectivity index (χ3v) is 1.22. The van der Waals surface area contributed by atoms with Crippen molar-refractivity contribution in [1.82, 2.24) is 0 Å². The molecule has 1 aliphatic rings. The summed E-state index contributed by atoms with van der Waals surface area (Å²) in [7, 11) is 0. The van der Waals surface area contributed by atoms with Crippen LogP contribution in [0.1, 0.15) is 13.8 Å². The smallest absolute Gasteiger partial charge is 0.379 e. The average Bonchev–Trinajstić information content (AvgIpc) is 2.03. The van der Waals surface area contributed by atoms with Gasteiger partial charge in [0.15, 0.2) is 0 Å². The molecule has 0 spiro atoms. The molecule has 12 heavy (non-hydrogen) atoms. The van der Waals surface area contributed by atoms with Crippen molar-refractivity contribution in [2.45, 2.75) is 13.8 Å². The molecule has 0 N–H and O–H groups in total. The lowest BCUT2D eigenvalue weighted by Gasteiger charge is -2.15. The summed E-state index contributed by atoms with van der Waals surface area (Å²) in [5, 5.41) is 0. The number of cyclic esters (lactones) is 1. The summed E-state index contributed by atoms with van der Waals surface area (Å²) in [6.07, 6.45) is 1.29. The number of esters is 1. The first kappa shape index (κ1) is 8.90. The van der Waals surface area contributed by atoms with Crippen molar-refractivity contribution in [2.24, 2.45) is 5.92 Å². The Kier molecular flexibility index (Phi) is 2.96. The van der Waals surface area contributed by atoms with Crippen LogP contribution in [-0.4, -0.2) is 19.4 Å². The summed E-state index contributed by atoms with van der Waals surface area (Å²) >= 11 is 0. The predicted molar refractivity (Wildman–Crippen MR) is 40.9 cm³/mol. The van der Waals surface area contributed by atoms with Gasteiger partial charge >= 0.3 is 5.97 Å². The minimum Gasteiger partial charge on any atom is -0.484 e. The molecule has 0 aromatic heterocycles. The molecule has 0 aromatic rings. The molecular weight excluding hydrogens is 160 g/mol. The number of carbonyl (C=O) groups excluding carboxylic acids is 1. The van der Waals surface area contributed by atoms with Crippen LogP contribution in [0.4, 0.5) is 0 Å². The highest BCUT2D eigenvalue weighted by Gasteiger charge is 2.17. The van der Waals surface area contributed by atoms with E-state index in [4.69, 9.17) is 9.47 Å². The SMILES string of the molecule is CC(C)COC1=COCOC1=O. The third-order valence-electron chi connectivity index (χ3n) is 1.22. The molecule has 0 radical (unpaired) electrons. The topological polar surface area (TPSA) is 44.8 Å². The van der Waals surface area contributed by atoms with Gasteiger partial charge in [0, 0.05) is 0 Å². The summed E-state index contributed by atoms with van der Waals surface area (Å²) in [5.41, 5.74) is 0. The van der Waals surface area contributed by atoms with Gasteiger partial charge in [0.05, 0.1) is 6.61 Å². The first-order valence-corrected chi connectivity index (χ1v) is 3.82. The molecule has 0 unspecified atom stereocenters. The van der Waals surface area contributed by atoms with E-state index in [1.165, 1.54) is 6.26 Å². The highest BCUT2D eigenvalue weighted by Crippen LogP contribution is 2.08. The van der Waals surface area contributed by atoms with Crippen LogP contribution in [0.15, 0.2) is 12.0 Å². The van der Waals surface area contributed by atoms with E-state index in [1.807, 2.05) is 13.8 Å². The van der Waals surface area contributed by atoms with Gasteiger partial charge in [-0.1, -0.05) is 13.8 Å². The first-order valence-electron chi connectivity index (χ1n) is 3.82. The summed E-state index contributed by atoms with van der Waals surface area (Å²) in [6.45, 7) is 4.46. The van der Waals surface area contributed by atoms with Gasteiger partial charge in [-0.25, -0.2) is 4.79 Å². The highest BCUT2D eigenvalue weighted by atomic mass is 16.7. The largest absolute Gasteiger partial charge is 0.484 e. The molecule has 1 aliphatic heterocycles. The quantitative estimate of drug-likeness (QED) is 0.596. The highest BCUT2D eigenvalue weighted by molar-refractivity contribution is 5.86. The van der Waals surface area contributed by atoms with Gasteiger partial charge in [0.25, 0.3) is 0 Å². The summed E-state index contributed by atoms with van der Waals surface area (Å²) in [6, 6.07) is 0. The van der Waals surface area contributed by atoms with E-state index in [0.717, 1.165) is 0 Å². The van der Waals surface area contributed by atoms with Gasteiger partial charge in [0.1, 0.15) is 6.26 Å². The van der Waals surface area contributed by atoms with Gasteiger partial charge in [-0.15, -0.1) is 0 Å². The van der Waals surface area contributed by atoms with Crippen molar-refractivity contribution in [1.29, 1.82) is 0 Å². The lowest BCUT2D eigenvalue weighted by molar-refractivity contribution is -0.157. The number of hydrogen-bond acceptors (Lipinski definition) is 4. The van der Waals surface area contributed by atoms with Gasteiger partial charge in [-0.3, -0.25) is 0 Å². The van der Waals surface area contributed by atoms with Crippen LogP contribution >= 0.6 is 0 Å². The van der Waals surface area contributed by atoms with Crippen LogP contribution in [0.2, 0.25) is 0 Å². The molecule has 0 bridgehead atoms. The fraction of sp³-hybridized carbons (Fsp3) is 0.625. The first-order chi connectivity index (χ1) is 5.70. The Hall–Kier alpha value is -1.19. The van der Waals surface area contributed by atoms with E-state index in [0.29, 0.717) is 12.5 Å². The molecule has 0 amide bonds. The number of carbonyl (C=O) groups is 1. The Labute approximate surface area is 71.1 Å². The van der Waals surface area contributed by atoms with Crippen LogP contribution in [0.3, 0.4) is 0 Å². The molecule has 1 heterocycles. The Bertz CT molecular complexity index is 195. The summed E-state index contributed by atoms with van der Waals surface area (Å²) in [4.78, 5) is 10.9. The monoisotopic (exact) mass is 172 g/mol. The number of hydrogen-bond donors (Lipinski definition) is 0. The second-order valence-corrected chi connectivity index (χ2v) is 2.90. The Morgan fingerprint density at radius 2 is 2.42 bits per heavy atom. The van der Waals surface area contributed by atoms with E-state index in [1.54, 1.807) is 0 Å². The molecule has 0 aromatic carbocycles. The molecule has 68 valence electrons. The van der Waals surface area contributed by atoms with Crippen molar-refractivity contribution < 1.29 is 19.0 Å². The average molecular weight is 172 g/mol. The van der Waals surface area contributed by atoms with Crippen molar-refractivity contribution in [3.63, 3.8) is 0 Å². The van der Waals surface area contributed by atoms with Gasteiger partial charge in [-0.05, 0) is 5.92 Å². The van der Waals surface area contributed by atoms with E-state index >= 15 is 0 Å². The molecule has 0 saturated carbocycles. The van der Waals surface area contributed by atoms with E-state index in [9.17, 15) is 4.79 Å². The minimum atomic E-state index is -0.457. The number of rotatable bonds is 3. The predicted octanol–water partition coefficient (Wildman–Crippen LogP) is 1.03. The molecule has 0 fully saturated rings. The fourth-order valence-corrected chi connectivity index (χ4v) is 0.666. The summed E-state index contributed by atoms with van der Waals surface area (Å²) in [5.74, 6) is 0.0671. The van der Waals surface area contributed by atoms with Gasteiger partial charge in [0.2, 0.25) is 12.6 Å². The van der Waals surface area contributed by atoms with Crippen LogP contribution in [0.25, 0.3) is 0 Å². The van der Waals surface area contributed by atoms with Crippen molar-refractivity contribution in [3.8, 4) is 0 Å². The second-order valence-electron chi connectivity index (χ2n) is 2.90. The lowest BCUT2D eigenvalue weighted by atomic mass is 10.2. The lowest BCUT2D eigenvalue weighted by Crippen LogP contribution is -2.18. The Morgan fingerprint density at radius 3 is 3.00 bits per heavy atom. The van der Waals surface area contributed by atoms with Crippen LogP contribution in [0, 0.1) is 5.92 Å². The zero-order chi connectivity index (χ0) is 8.97. The normalized spacial score (nSPS) is 16.6. The fourth-order valence-electron chi connectivity index (χ4n) is 0.666. The van der Waals surface area contributed by atoms with Crippen molar-refractivity contribution >= 4 is 5.97 Å².